The van der Waals surface area contributed by atoms with Gasteiger partial charge in [-0.2, -0.15) is 8.42 Å². The van der Waals surface area contributed by atoms with E-state index in [9.17, 15) is 43.6 Å². The Morgan fingerprint density at radius 2 is 1.41 bits per heavy atom. The second-order valence-electron chi connectivity index (χ2n) is 8.77. The van der Waals surface area contributed by atoms with Crippen molar-refractivity contribution >= 4 is 10.4 Å². The number of aliphatic hydroxyl groups is 6. The van der Waals surface area contributed by atoms with Crippen molar-refractivity contribution in [2.24, 2.45) is 11.5 Å². The molecule has 3 heterocycles. The van der Waals surface area contributed by atoms with Crippen molar-refractivity contribution < 1.29 is 76.2 Å². The van der Waals surface area contributed by atoms with Gasteiger partial charge in [-0.3, -0.25) is 4.55 Å². The van der Waals surface area contributed by atoms with Gasteiger partial charge in [-0.25, -0.2) is 4.18 Å². The van der Waals surface area contributed by atoms with Crippen LogP contribution in [0.3, 0.4) is 0 Å². The summed E-state index contributed by atoms with van der Waals surface area (Å²) >= 11 is 0. The molecular formula is C18H34N2O16S. The Balaban J connectivity index is 1.77. The molecule has 19 heteroatoms. The summed E-state index contributed by atoms with van der Waals surface area (Å²) in [4.78, 5) is 0. The van der Waals surface area contributed by atoms with E-state index in [1.165, 1.54) is 7.11 Å². The number of rotatable bonds is 9. The van der Waals surface area contributed by atoms with Gasteiger partial charge < -0.3 is 70.5 Å². The van der Waals surface area contributed by atoms with Crippen LogP contribution in [0.25, 0.3) is 0 Å². The molecule has 0 amide bonds. The zero-order valence-electron chi connectivity index (χ0n) is 19.6. The highest BCUT2D eigenvalue weighted by Crippen LogP contribution is 2.31. The van der Waals surface area contributed by atoms with Crippen LogP contribution in [0.15, 0.2) is 0 Å². The number of hydrogen-bond acceptors (Lipinski definition) is 17. The fourth-order valence-corrected chi connectivity index (χ4v) is 4.74. The van der Waals surface area contributed by atoms with Crippen molar-refractivity contribution in [2.75, 3.05) is 26.9 Å². The van der Waals surface area contributed by atoms with Crippen LogP contribution in [-0.2, 0) is 43.0 Å². The van der Waals surface area contributed by atoms with Crippen LogP contribution in [0.1, 0.15) is 0 Å². The third kappa shape index (κ3) is 6.91. The minimum atomic E-state index is -5.21. The fraction of sp³-hybridized carbons (Fsp3) is 1.00. The van der Waals surface area contributed by atoms with Crippen molar-refractivity contribution in [1.82, 2.24) is 0 Å². The number of methoxy groups -OCH3 is 1. The lowest BCUT2D eigenvalue weighted by molar-refractivity contribution is -0.345. The molecule has 5 unspecified atom stereocenters. The van der Waals surface area contributed by atoms with Gasteiger partial charge in [0.15, 0.2) is 25.0 Å². The summed E-state index contributed by atoms with van der Waals surface area (Å²) < 4.78 is 69.1. The predicted molar refractivity (Wildman–Crippen MR) is 114 cm³/mol. The topological polar surface area (TPSA) is 292 Å². The summed E-state index contributed by atoms with van der Waals surface area (Å²) in [6, 6.07) is -2.51. The summed E-state index contributed by atoms with van der Waals surface area (Å²) in [6.07, 6.45) is -18.3. The molecule has 3 saturated heterocycles. The van der Waals surface area contributed by atoms with E-state index in [1.54, 1.807) is 0 Å². The smallest absolute Gasteiger partial charge is 0.394 e. The Hall–Kier alpha value is -0.690. The quantitative estimate of drug-likeness (QED) is 0.117. The predicted octanol–water partition coefficient (Wildman–Crippen LogP) is -6.52. The molecule has 0 spiro atoms. The molecule has 18 nitrogen and oxygen atoms in total. The van der Waals surface area contributed by atoms with E-state index < -0.39 is 116 Å². The SMILES string of the molecule is CO[C@H]1OC(CO)[C@@H](O[C@@H]2OC[C@@H](O[C@H]3OC(CO)[C@@H](O)[C@H](O)C3N)[C@H](O)C2OS(=O)(=O)O)[C@H](O)C1N. The monoisotopic (exact) mass is 566 g/mol. The largest absolute Gasteiger partial charge is 0.397 e. The first-order chi connectivity index (χ1) is 17.3. The maximum Gasteiger partial charge on any atom is 0.397 e. The summed E-state index contributed by atoms with van der Waals surface area (Å²) in [6.45, 7) is -1.91. The molecule has 3 rings (SSSR count). The van der Waals surface area contributed by atoms with Crippen molar-refractivity contribution in [3.63, 3.8) is 0 Å². The average molecular weight is 567 g/mol. The van der Waals surface area contributed by atoms with Gasteiger partial charge in [0.05, 0.1) is 31.9 Å². The van der Waals surface area contributed by atoms with Crippen LogP contribution in [0.5, 0.6) is 0 Å². The van der Waals surface area contributed by atoms with Gasteiger partial charge in [0.1, 0.15) is 48.8 Å². The Morgan fingerprint density at radius 1 is 0.811 bits per heavy atom. The van der Waals surface area contributed by atoms with Gasteiger partial charge in [0.2, 0.25) is 0 Å². The van der Waals surface area contributed by atoms with Crippen molar-refractivity contribution in [3.8, 4) is 0 Å². The van der Waals surface area contributed by atoms with E-state index in [0.717, 1.165) is 0 Å². The summed E-state index contributed by atoms with van der Waals surface area (Å²) in [5.41, 5.74) is 11.7. The maximum atomic E-state index is 11.5. The second-order valence-corrected chi connectivity index (χ2v) is 9.82. The molecule has 3 aliphatic heterocycles. The highest BCUT2D eigenvalue weighted by atomic mass is 32.3. The standard InChI is InChI=1S/C18H34N2O16S/c1-30-16-9(20)13(26)14(6(3-22)33-16)35-18-15(36-37(27,28)29)11(24)7(4-31-18)34-17-8(19)12(25)10(23)5(2-21)32-17/h5-18,21-26H,2-4,19-20H2,1H3,(H,27,28,29)/t5?,6?,7-,8?,9?,10-,11+,12-,13-,14-,15?,16+,17-,18+/m1/s1. The first-order valence-electron chi connectivity index (χ1n) is 11.2. The number of hydrogen-bond donors (Lipinski definition) is 9. The molecule has 218 valence electrons. The van der Waals surface area contributed by atoms with E-state index in [-0.39, 0.29) is 0 Å². The zero-order valence-corrected chi connectivity index (χ0v) is 20.4. The molecule has 14 atom stereocenters. The van der Waals surface area contributed by atoms with Crippen molar-refractivity contribution in [2.45, 2.75) is 85.9 Å². The average Bonchev–Trinajstić information content (AvgIpc) is 2.85. The molecule has 0 aromatic carbocycles. The Labute approximate surface area is 211 Å². The molecule has 3 aliphatic rings. The normalized spacial score (nSPS) is 47.6. The Morgan fingerprint density at radius 3 is 1.97 bits per heavy atom. The third-order valence-corrected chi connectivity index (χ3v) is 6.77. The lowest BCUT2D eigenvalue weighted by Crippen LogP contribution is -2.66. The van der Waals surface area contributed by atoms with E-state index in [2.05, 4.69) is 4.18 Å². The second kappa shape index (κ2) is 12.7. The molecule has 37 heavy (non-hydrogen) atoms. The maximum absolute atomic E-state index is 11.5. The molecule has 0 radical (unpaired) electrons. The molecule has 0 saturated carbocycles. The summed E-state index contributed by atoms with van der Waals surface area (Å²) in [5, 5.41) is 60.5. The van der Waals surface area contributed by atoms with Gasteiger partial charge in [-0.05, 0) is 0 Å². The van der Waals surface area contributed by atoms with Gasteiger partial charge in [0.25, 0.3) is 0 Å². The number of aliphatic hydroxyl groups excluding tert-OH is 6. The van der Waals surface area contributed by atoms with E-state index in [1.807, 2.05) is 0 Å². The van der Waals surface area contributed by atoms with Crippen LogP contribution in [0.2, 0.25) is 0 Å². The molecule has 0 bridgehead atoms. The van der Waals surface area contributed by atoms with Crippen LogP contribution < -0.4 is 11.5 Å². The Kier molecular flexibility index (Phi) is 10.6. The van der Waals surface area contributed by atoms with Gasteiger partial charge in [0, 0.05) is 7.11 Å². The van der Waals surface area contributed by atoms with Gasteiger partial charge in [-0.15, -0.1) is 0 Å². The van der Waals surface area contributed by atoms with Crippen LogP contribution in [0.4, 0.5) is 0 Å². The van der Waals surface area contributed by atoms with Crippen molar-refractivity contribution in [1.29, 1.82) is 0 Å². The number of nitrogens with two attached hydrogens (primary N) is 2. The molecule has 3 fully saturated rings. The molecule has 0 aromatic heterocycles. The lowest BCUT2D eigenvalue weighted by atomic mass is 9.96. The minimum Gasteiger partial charge on any atom is -0.394 e. The first kappa shape index (κ1) is 30.8. The molecule has 0 aliphatic carbocycles. The third-order valence-electron chi connectivity index (χ3n) is 6.30. The van der Waals surface area contributed by atoms with E-state index in [0.29, 0.717) is 0 Å². The lowest BCUT2D eigenvalue weighted by Gasteiger charge is -2.46. The van der Waals surface area contributed by atoms with Crippen LogP contribution in [-0.4, -0.2) is 156 Å². The minimum absolute atomic E-state index is 0.521. The van der Waals surface area contributed by atoms with Crippen molar-refractivity contribution in [3.05, 3.63) is 0 Å². The number of ether oxygens (including phenoxy) is 6. The van der Waals surface area contributed by atoms with E-state index >= 15 is 0 Å². The van der Waals surface area contributed by atoms with E-state index in [4.69, 9.17) is 39.9 Å². The summed E-state index contributed by atoms with van der Waals surface area (Å²) in [5.74, 6) is 0. The highest BCUT2D eigenvalue weighted by Gasteiger charge is 2.52. The fourth-order valence-electron chi connectivity index (χ4n) is 4.26. The van der Waals surface area contributed by atoms with Gasteiger partial charge >= 0.3 is 10.4 Å². The summed E-state index contributed by atoms with van der Waals surface area (Å²) in [7, 11) is -3.95. The zero-order chi connectivity index (χ0) is 27.7. The Bertz CT molecular complexity index is 835. The molecular weight excluding hydrogens is 532 g/mol. The van der Waals surface area contributed by atoms with Crippen LogP contribution in [0, 0.1) is 0 Å². The molecule has 11 N–H and O–H groups in total. The van der Waals surface area contributed by atoms with Crippen LogP contribution >= 0.6 is 0 Å². The highest BCUT2D eigenvalue weighted by molar-refractivity contribution is 7.80. The van der Waals surface area contributed by atoms with Gasteiger partial charge in [-0.1, -0.05) is 0 Å². The molecule has 0 aromatic rings. The first-order valence-corrected chi connectivity index (χ1v) is 12.6.